The van der Waals surface area contributed by atoms with Gasteiger partial charge in [-0.1, -0.05) is 6.07 Å². The molecule has 6 nitrogen and oxygen atoms in total. The number of carboxylic acids is 1. The predicted molar refractivity (Wildman–Crippen MR) is 72.1 cm³/mol. The van der Waals surface area contributed by atoms with Crippen LogP contribution in [0.5, 0.6) is 5.75 Å². The molecule has 1 atom stereocenters. The van der Waals surface area contributed by atoms with Crippen molar-refractivity contribution in [3.05, 3.63) is 24.3 Å². The molecule has 1 fully saturated rings. The van der Waals surface area contributed by atoms with E-state index in [1.54, 1.807) is 12.1 Å². The zero-order chi connectivity index (χ0) is 15.0. The normalized spacial score (nSPS) is 18.3. The average molecular weight is 299 g/mol. The lowest BCUT2D eigenvalue weighted by molar-refractivity contribution is -0.144. The van der Waals surface area contributed by atoms with Crippen molar-refractivity contribution in [2.45, 2.75) is 30.2 Å². The maximum atomic E-state index is 12.3. The molecule has 1 unspecified atom stereocenters. The molecule has 0 spiro atoms. The summed E-state index contributed by atoms with van der Waals surface area (Å²) in [6, 6.07) is 5.93. The van der Waals surface area contributed by atoms with Gasteiger partial charge in [0.05, 0.1) is 12.0 Å². The number of aliphatic carboxylic acids is 1. The number of hydrogen-bond acceptors (Lipinski definition) is 4. The molecule has 0 aromatic heterocycles. The minimum atomic E-state index is -3.91. The number of methoxy groups -OCH3 is 1. The lowest BCUT2D eigenvalue weighted by Crippen LogP contribution is -2.53. The van der Waals surface area contributed by atoms with Gasteiger partial charge in [0, 0.05) is 6.07 Å². The van der Waals surface area contributed by atoms with Crippen molar-refractivity contribution in [1.29, 1.82) is 0 Å². The van der Waals surface area contributed by atoms with Crippen LogP contribution in [0.15, 0.2) is 29.2 Å². The van der Waals surface area contributed by atoms with Crippen molar-refractivity contribution >= 4 is 16.0 Å². The average Bonchev–Trinajstić information content (AvgIpc) is 3.22. The van der Waals surface area contributed by atoms with Crippen molar-refractivity contribution in [3.8, 4) is 5.75 Å². The van der Waals surface area contributed by atoms with Crippen molar-refractivity contribution in [2.24, 2.45) is 5.92 Å². The molecule has 1 aromatic carbocycles. The highest BCUT2D eigenvalue weighted by atomic mass is 32.2. The van der Waals surface area contributed by atoms with E-state index in [4.69, 9.17) is 4.74 Å². The van der Waals surface area contributed by atoms with E-state index in [2.05, 4.69) is 4.72 Å². The summed E-state index contributed by atoms with van der Waals surface area (Å²) in [5.41, 5.74) is -1.47. The molecule has 0 saturated heterocycles. The van der Waals surface area contributed by atoms with Crippen molar-refractivity contribution in [2.75, 3.05) is 7.11 Å². The first-order valence-corrected chi connectivity index (χ1v) is 7.69. The summed E-state index contributed by atoms with van der Waals surface area (Å²) in [6.45, 7) is 1.41. The number of rotatable bonds is 6. The number of nitrogens with one attached hydrogen (secondary N) is 1. The van der Waals surface area contributed by atoms with Crippen LogP contribution in [0.25, 0.3) is 0 Å². The van der Waals surface area contributed by atoms with Gasteiger partial charge in [0.25, 0.3) is 0 Å². The lowest BCUT2D eigenvalue weighted by atomic mass is 9.98. The maximum Gasteiger partial charge on any atom is 0.324 e. The molecule has 2 N–H and O–H groups in total. The van der Waals surface area contributed by atoms with E-state index in [9.17, 15) is 18.3 Å². The first kappa shape index (κ1) is 14.8. The maximum absolute atomic E-state index is 12.3. The van der Waals surface area contributed by atoms with Crippen LogP contribution >= 0.6 is 0 Å². The summed E-state index contributed by atoms with van der Waals surface area (Å²) in [5.74, 6) is -0.928. The van der Waals surface area contributed by atoms with Gasteiger partial charge in [-0.3, -0.25) is 4.79 Å². The van der Waals surface area contributed by atoms with Gasteiger partial charge >= 0.3 is 5.97 Å². The zero-order valence-corrected chi connectivity index (χ0v) is 12.1. The van der Waals surface area contributed by atoms with Crippen LogP contribution in [0.3, 0.4) is 0 Å². The molecule has 110 valence electrons. The molecule has 1 saturated carbocycles. The lowest BCUT2D eigenvalue weighted by Gasteiger charge is -2.25. The van der Waals surface area contributed by atoms with Crippen molar-refractivity contribution < 1.29 is 23.1 Å². The molecule has 0 amide bonds. The summed E-state index contributed by atoms with van der Waals surface area (Å²) < 4.78 is 31.9. The predicted octanol–water partition coefficient (Wildman–Crippen LogP) is 1.23. The molecule has 0 radical (unpaired) electrons. The summed E-state index contributed by atoms with van der Waals surface area (Å²) in [4.78, 5) is 11.4. The Bertz CT molecular complexity index is 623. The zero-order valence-electron chi connectivity index (χ0n) is 11.3. The quantitative estimate of drug-likeness (QED) is 0.824. The van der Waals surface area contributed by atoms with Crippen molar-refractivity contribution in [3.63, 3.8) is 0 Å². The van der Waals surface area contributed by atoms with Crippen LogP contribution in [0.1, 0.15) is 19.8 Å². The third-order valence-electron chi connectivity index (χ3n) is 3.54. The molecule has 1 aliphatic rings. The van der Waals surface area contributed by atoms with E-state index in [1.165, 1.54) is 26.2 Å². The Morgan fingerprint density at radius 2 is 2.10 bits per heavy atom. The van der Waals surface area contributed by atoms with Crippen molar-refractivity contribution in [1.82, 2.24) is 4.72 Å². The van der Waals surface area contributed by atoms with E-state index >= 15 is 0 Å². The Morgan fingerprint density at radius 3 is 2.60 bits per heavy atom. The minimum absolute atomic E-state index is 0.00928. The van der Waals surface area contributed by atoms with E-state index < -0.39 is 21.5 Å². The number of ether oxygens (including phenoxy) is 1. The smallest absolute Gasteiger partial charge is 0.324 e. The highest BCUT2D eigenvalue weighted by Gasteiger charge is 2.50. The van der Waals surface area contributed by atoms with Gasteiger partial charge < -0.3 is 9.84 Å². The Kier molecular flexibility index (Phi) is 3.75. The Labute approximate surface area is 117 Å². The van der Waals surface area contributed by atoms with E-state index in [1.807, 2.05) is 0 Å². The summed E-state index contributed by atoms with van der Waals surface area (Å²) in [7, 11) is -2.48. The highest BCUT2D eigenvalue weighted by Crippen LogP contribution is 2.40. The number of carbonyl (C=O) groups is 1. The van der Waals surface area contributed by atoms with Crippen LogP contribution in [0, 0.1) is 5.92 Å². The Morgan fingerprint density at radius 1 is 1.45 bits per heavy atom. The fraction of sp³-hybridized carbons (Fsp3) is 0.462. The third-order valence-corrected chi connectivity index (χ3v) is 5.10. The van der Waals surface area contributed by atoms with Gasteiger partial charge in [0.2, 0.25) is 10.0 Å². The van der Waals surface area contributed by atoms with E-state index in [0.717, 1.165) is 0 Å². The largest absolute Gasteiger partial charge is 0.497 e. The van der Waals surface area contributed by atoms with Gasteiger partial charge in [-0.05, 0) is 37.8 Å². The monoisotopic (exact) mass is 299 g/mol. The number of hydrogen-bond donors (Lipinski definition) is 2. The molecule has 1 aliphatic carbocycles. The van der Waals surface area contributed by atoms with Crippen LogP contribution in [-0.4, -0.2) is 32.1 Å². The molecule has 0 aliphatic heterocycles. The molecular weight excluding hydrogens is 282 g/mol. The first-order chi connectivity index (χ1) is 9.29. The van der Waals surface area contributed by atoms with Crippen LogP contribution in [-0.2, 0) is 14.8 Å². The number of benzene rings is 1. The molecule has 20 heavy (non-hydrogen) atoms. The van der Waals surface area contributed by atoms with Crippen LogP contribution in [0.2, 0.25) is 0 Å². The summed E-state index contributed by atoms with van der Waals surface area (Å²) in [6.07, 6.45) is 1.42. The Balaban J connectivity index is 2.32. The fourth-order valence-electron chi connectivity index (χ4n) is 2.07. The second-order valence-electron chi connectivity index (χ2n) is 5.07. The molecule has 1 aromatic rings. The standard InChI is InChI=1S/C13H17NO5S/c1-13(12(15)16,9-6-7-9)14-20(17,18)11-5-3-4-10(8-11)19-2/h3-5,8-9,14H,6-7H2,1-2H3,(H,15,16). The van der Waals surface area contributed by atoms with Gasteiger partial charge in [-0.2, -0.15) is 4.72 Å². The fourth-order valence-corrected chi connectivity index (χ4v) is 3.53. The minimum Gasteiger partial charge on any atom is -0.497 e. The molecular formula is C13H17NO5S. The number of sulfonamides is 1. The van der Waals surface area contributed by atoms with Gasteiger partial charge in [0.1, 0.15) is 11.3 Å². The third kappa shape index (κ3) is 2.78. The van der Waals surface area contributed by atoms with E-state index in [-0.39, 0.29) is 10.8 Å². The molecule has 7 heteroatoms. The highest BCUT2D eigenvalue weighted by molar-refractivity contribution is 7.89. The van der Waals surface area contributed by atoms with Crippen LogP contribution in [0.4, 0.5) is 0 Å². The second kappa shape index (κ2) is 5.06. The van der Waals surface area contributed by atoms with Gasteiger partial charge in [-0.15, -0.1) is 0 Å². The SMILES string of the molecule is COc1cccc(S(=O)(=O)NC(C)(C(=O)O)C2CC2)c1. The molecule has 0 heterocycles. The Hall–Kier alpha value is -1.60. The number of carboxylic acid groups (broad SMARTS) is 1. The van der Waals surface area contributed by atoms with Gasteiger partial charge in [0.15, 0.2) is 0 Å². The second-order valence-corrected chi connectivity index (χ2v) is 6.75. The molecule has 0 bridgehead atoms. The van der Waals surface area contributed by atoms with E-state index in [0.29, 0.717) is 18.6 Å². The van der Waals surface area contributed by atoms with Crippen LogP contribution < -0.4 is 9.46 Å². The summed E-state index contributed by atoms with van der Waals surface area (Å²) in [5, 5.41) is 9.30. The van der Waals surface area contributed by atoms with Gasteiger partial charge in [-0.25, -0.2) is 8.42 Å². The topological polar surface area (TPSA) is 92.7 Å². The summed E-state index contributed by atoms with van der Waals surface area (Å²) >= 11 is 0. The molecule has 2 rings (SSSR count). The first-order valence-electron chi connectivity index (χ1n) is 6.21.